The number of carbonyl (C=O) groups excluding carboxylic acids is 1. The predicted octanol–water partition coefficient (Wildman–Crippen LogP) is 3.10. The van der Waals surface area contributed by atoms with Crippen LogP contribution in [0.25, 0.3) is 0 Å². The second kappa shape index (κ2) is 5.88. The zero-order valence-corrected chi connectivity index (χ0v) is 12.2. The lowest BCUT2D eigenvalue weighted by atomic mass is 10.2. The van der Waals surface area contributed by atoms with E-state index in [4.69, 9.17) is 4.52 Å². The molecule has 0 fully saturated rings. The molecule has 0 atom stereocenters. The van der Waals surface area contributed by atoms with Gasteiger partial charge in [0, 0.05) is 16.2 Å². The maximum Gasteiger partial charge on any atom is 0.244 e. The summed E-state index contributed by atoms with van der Waals surface area (Å²) >= 11 is 3.43. The normalized spacial score (nSPS) is 10.3. The van der Waals surface area contributed by atoms with Crippen LogP contribution >= 0.6 is 15.9 Å². The maximum absolute atomic E-state index is 11.7. The first kappa shape index (κ1) is 13.6. The van der Waals surface area contributed by atoms with E-state index in [1.165, 1.54) is 0 Å². The van der Waals surface area contributed by atoms with Crippen molar-refractivity contribution in [2.75, 3.05) is 17.2 Å². The predicted molar refractivity (Wildman–Crippen MR) is 77.2 cm³/mol. The van der Waals surface area contributed by atoms with E-state index in [0.717, 1.165) is 15.7 Å². The SMILES string of the molecule is Cc1cc(NC(=O)CNc2ccc(Br)c(C)c2)no1. The Morgan fingerprint density at radius 2 is 2.16 bits per heavy atom. The summed E-state index contributed by atoms with van der Waals surface area (Å²) in [7, 11) is 0. The van der Waals surface area contributed by atoms with Crippen LogP contribution in [0.2, 0.25) is 0 Å². The second-order valence-corrected chi connectivity index (χ2v) is 5.04. The number of aryl methyl sites for hydroxylation is 2. The van der Waals surface area contributed by atoms with E-state index in [9.17, 15) is 4.79 Å². The fourth-order valence-corrected chi connectivity index (χ4v) is 1.80. The molecule has 2 aromatic rings. The molecule has 0 aliphatic heterocycles. The molecule has 0 bridgehead atoms. The maximum atomic E-state index is 11.7. The largest absolute Gasteiger partial charge is 0.376 e. The van der Waals surface area contributed by atoms with E-state index in [1.54, 1.807) is 13.0 Å². The zero-order chi connectivity index (χ0) is 13.8. The van der Waals surface area contributed by atoms with Gasteiger partial charge in [0.1, 0.15) is 5.76 Å². The number of hydrogen-bond acceptors (Lipinski definition) is 4. The third kappa shape index (κ3) is 3.82. The summed E-state index contributed by atoms with van der Waals surface area (Å²) in [6.45, 7) is 3.94. The molecule has 2 N–H and O–H groups in total. The van der Waals surface area contributed by atoms with Gasteiger partial charge >= 0.3 is 0 Å². The second-order valence-electron chi connectivity index (χ2n) is 4.19. The van der Waals surface area contributed by atoms with E-state index in [-0.39, 0.29) is 12.5 Å². The number of nitrogens with one attached hydrogen (secondary N) is 2. The molecule has 1 heterocycles. The van der Waals surface area contributed by atoms with Crippen molar-refractivity contribution in [3.63, 3.8) is 0 Å². The quantitative estimate of drug-likeness (QED) is 0.907. The molecule has 6 heteroatoms. The lowest BCUT2D eigenvalue weighted by molar-refractivity contribution is -0.114. The number of carbonyl (C=O) groups is 1. The lowest BCUT2D eigenvalue weighted by Gasteiger charge is -2.07. The Balaban J connectivity index is 1.88. The highest BCUT2D eigenvalue weighted by Gasteiger charge is 2.06. The Kier molecular flexibility index (Phi) is 4.21. The van der Waals surface area contributed by atoms with Crippen LogP contribution in [-0.4, -0.2) is 17.6 Å². The van der Waals surface area contributed by atoms with Crippen LogP contribution in [-0.2, 0) is 4.79 Å². The molecule has 1 aromatic carbocycles. The smallest absolute Gasteiger partial charge is 0.244 e. The number of aromatic nitrogens is 1. The number of nitrogens with zero attached hydrogens (tertiary/aromatic N) is 1. The van der Waals surface area contributed by atoms with Crippen LogP contribution in [0.3, 0.4) is 0 Å². The molecule has 0 spiro atoms. The number of anilines is 2. The van der Waals surface area contributed by atoms with E-state index in [1.807, 2.05) is 25.1 Å². The topological polar surface area (TPSA) is 67.2 Å². The van der Waals surface area contributed by atoms with E-state index >= 15 is 0 Å². The fraction of sp³-hybridized carbons (Fsp3) is 0.231. The number of rotatable bonds is 4. The molecule has 2 rings (SSSR count). The zero-order valence-electron chi connectivity index (χ0n) is 10.7. The van der Waals surface area contributed by atoms with Crippen molar-refractivity contribution in [1.82, 2.24) is 5.16 Å². The van der Waals surface area contributed by atoms with Gasteiger partial charge in [0.25, 0.3) is 0 Å². The Labute approximate surface area is 119 Å². The lowest BCUT2D eigenvalue weighted by Crippen LogP contribution is -2.21. The van der Waals surface area contributed by atoms with Crippen LogP contribution in [0.15, 0.2) is 33.3 Å². The minimum atomic E-state index is -0.172. The molecular formula is C13H14BrN3O2. The number of benzene rings is 1. The monoisotopic (exact) mass is 323 g/mol. The Morgan fingerprint density at radius 3 is 2.79 bits per heavy atom. The van der Waals surface area contributed by atoms with Gasteiger partial charge in [0.05, 0.1) is 6.54 Å². The third-order valence-electron chi connectivity index (χ3n) is 2.51. The molecule has 100 valence electrons. The van der Waals surface area contributed by atoms with Crippen molar-refractivity contribution in [1.29, 1.82) is 0 Å². The first-order valence-corrected chi connectivity index (χ1v) is 6.57. The summed E-state index contributed by atoms with van der Waals surface area (Å²) in [5.41, 5.74) is 2.00. The first-order chi connectivity index (χ1) is 9.04. The summed E-state index contributed by atoms with van der Waals surface area (Å²) in [5, 5.41) is 9.39. The minimum absolute atomic E-state index is 0.172. The standard InChI is InChI=1S/C13H14BrN3O2/c1-8-5-10(3-4-11(8)14)15-7-13(18)16-12-6-9(2)19-17-12/h3-6,15H,7H2,1-2H3,(H,16,17,18). The van der Waals surface area contributed by atoms with Crippen LogP contribution in [0.4, 0.5) is 11.5 Å². The molecule has 0 aliphatic carbocycles. The van der Waals surface area contributed by atoms with E-state index < -0.39 is 0 Å². The molecule has 5 nitrogen and oxygen atoms in total. The number of amides is 1. The Morgan fingerprint density at radius 1 is 1.37 bits per heavy atom. The van der Waals surface area contributed by atoms with Gasteiger partial charge in [-0.3, -0.25) is 4.79 Å². The van der Waals surface area contributed by atoms with Crippen molar-refractivity contribution in [2.45, 2.75) is 13.8 Å². The molecular weight excluding hydrogens is 310 g/mol. The number of halogens is 1. The van der Waals surface area contributed by atoms with Gasteiger partial charge in [-0.2, -0.15) is 0 Å². The Bertz CT molecular complexity index is 595. The molecule has 0 saturated heterocycles. The van der Waals surface area contributed by atoms with Gasteiger partial charge in [-0.25, -0.2) is 0 Å². The average Bonchev–Trinajstić information content (AvgIpc) is 2.76. The number of hydrogen-bond donors (Lipinski definition) is 2. The summed E-state index contributed by atoms with van der Waals surface area (Å²) in [5.74, 6) is 0.914. The summed E-state index contributed by atoms with van der Waals surface area (Å²) in [4.78, 5) is 11.7. The minimum Gasteiger partial charge on any atom is -0.376 e. The molecule has 0 radical (unpaired) electrons. The highest BCUT2D eigenvalue weighted by molar-refractivity contribution is 9.10. The van der Waals surface area contributed by atoms with Gasteiger partial charge in [0.2, 0.25) is 5.91 Å². The summed E-state index contributed by atoms with van der Waals surface area (Å²) in [6.07, 6.45) is 0. The van der Waals surface area contributed by atoms with Gasteiger partial charge in [-0.15, -0.1) is 0 Å². The molecule has 0 aliphatic rings. The van der Waals surface area contributed by atoms with Crippen molar-refractivity contribution >= 4 is 33.3 Å². The molecule has 0 saturated carbocycles. The molecule has 0 unspecified atom stereocenters. The summed E-state index contributed by atoms with van der Waals surface area (Å²) in [6, 6.07) is 7.49. The van der Waals surface area contributed by atoms with E-state index in [2.05, 4.69) is 31.7 Å². The third-order valence-corrected chi connectivity index (χ3v) is 3.40. The van der Waals surface area contributed by atoms with Crippen LogP contribution in [0, 0.1) is 13.8 Å². The van der Waals surface area contributed by atoms with Crippen molar-refractivity contribution in [3.8, 4) is 0 Å². The Hall–Kier alpha value is -1.82. The van der Waals surface area contributed by atoms with Crippen LogP contribution < -0.4 is 10.6 Å². The summed E-state index contributed by atoms with van der Waals surface area (Å²) < 4.78 is 5.91. The van der Waals surface area contributed by atoms with Gasteiger partial charge in [-0.1, -0.05) is 21.1 Å². The molecule has 1 aromatic heterocycles. The highest BCUT2D eigenvalue weighted by Crippen LogP contribution is 2.19. The fourth-order valence-electron chi connectivity index (χ4n) is 1.55. The van der Waals surface area contributed by atoms with E-state index in [0.29, 0.717) is 11.6 Å². The van der Waals surface area contributed by atoms with Gasteiger partial charge in [-0.05, 0) is 37.6 Å². The van der Waals surface area contributed by atoms with Crippen LogP contribution in [0.5, 0.6) is 0 Å². The first-order valence-electron chi connectivity index (χ1n) is 5.78. The van der Waals surface area contributed by atoms with Crippen molar-refractivity contribution in [3.05, 3.63) is 40.1 Å². The average molecular weight is 324 g/mol. The van der Waals surface area contributed by atoms with Crippen molar-refractivity contribution in [2.24, 2.45) is 0 Å². The van der Waals surface area contributed by atoms with Gasteiger partial charge in [0.15, 0.2) is 5.82 Å². The molecule has 19 heavy (non-hydrogen) atoms. The molecule has 1 amide bonds. The highest BCUT2D eigenvalue weighted by atomic mass is 79.9. The van der Waals surface area contributed by atoms with Crippen LogP contribution in [0.1, 0.15) is 11.3 Å². The van der Waals surface area contributed by atoms with Crippen molar-refractivity contribution < 1.29 is 9.32 Å². The van der Waals surface area contributed by atoms with Gasteiger partial charge < -0.3 is 15.2 Å².